The maximum atomic E-state index is 13.3. The largest absolute Gasteiger partial charge is 0.280 e. The lowest BCUT2D eigenvalue weighted by atomic mass is 10.1. The van der Waals surface area contributed by atoms with Gasteiger partial charge in [-0.15, -0.1) is 0 Å². The lowest BCUT2D eigenvalue weighted by Crippen LogP contribution is -2.15. The third-order valence-electron chi connectivity index (χ3n) is 4.63. The number of halogens is 2. The van der Waals surface area contributed by atoms with E-state index in [-0.39, 0.29) is 8.69 Å². The summed E-state index contributed by atoms with van der Waals surface area (Å²) in [6.45, 7) is 1.79. The Morgan fingerprint density at radius 1 is 1.06 bits per heavy atom. The molecule has 1 N–H and O–H groups in total. The molecule has 0 aliphatic carbocycles. The van der Waals surface area contributed by atoms with Gasteiger partial charge in [0, 0.05) is 56.0 Å². The van der Waals surface area contributed by atoms with E-state index in [1.165, 1.54) is 12.3 Å². The van der Waals surface area contributed by atoms with E-state index < -0.39 is 10.0 Å². The molecule has 9 heteroatoms. The molecule has 6 nitrogen and oxygen atoms in total. The number of fused-ring (bicyclic) bond motifs is 1. The van der Waals surface area contributed by atoms with Crippen molar-refractivity contribution in [1.29, 1.82) is 0 Å². The number of anilines is 1. The summed E-state index contributed by atoms with van der Waals surface area (Å²) >= 11 is 7.85. The average molecular weight is 588 g/mol. The van der Waals surface area contributed by atoms with Gasteiger partial charge in [-0.25, -0.2) is 8.42 Å². The average Bonchev–Trinajstić information content (AvgIpc) is 2.78. The van der Waals surface area contributed by atoms with Crippen molar-refractivity contribution >= 4 is 64.6 Å². The van der Waals surface area contributed by atoms with E-state index in [0.717, 1.165) is 0 Å². The molecule has 2 aromatic carbocycles. The van der Waals surface area contributed by atoms with Crippen molar-refractivity contribution in [2.24, 2.45) is 0 Å². The Bertz CT molecular complexity index is 1560. The van der Waals surface area contributed by atoms with Crippen LogP contribution >= 0.6 is 34.2 Å². The molecule has 0 aliphatic heterocycles. The first-order chi connectivity index (χ1) is 15.7. The topological polar surface area (TPSA) is 89.0 Å². The third-order valence-corrected chi connectivity index (χ3v) is 6.78. The second kappa shape index (κ2) is 9.47. The minimum atomic E-state index is -4.02. The lowest BCUT2D eigenvalue weighted by Gasteiger charge is -2.12. The minimum absolute atomic E-state index is 0.0142. The zero-order valence-corrected chi connectivity index (χ0v) is 20.9. The number of carbonyl (C=O) groups excluding carboxylic acids is 1. The highest BCUT2D eigenvalue weighted by Gasteiger charge is 2.21. The Morgan fingerprint density at radius 3 is 2.58 bits per heavy atom. The van der Waals surface area contributed by atoms with E-state index in [1.807, 2.05) is 0 Å². The SMILES string of the molecule is Cc1ccc2cc(Cl)cc(S(=O)(=O)Nc3ccccc3C#Cc3ccc(C(=O)I)nc3)c2n1. The van der Waals surface area contributed by atoms with Gasteiger partial charge in [-0.05, 0) is 49.4 Å². The number of hydrogen-bond donors (Lipinski definition) is 1. The quantitative estimate of drug-likeness (QED) is 0.197. The van der Waals surface area contributed by atoms with Gasteiger partial charge in [-0.2, -0.15) is 0 Å². The van der Waals surface area contributed by atoms with Crippen molar-refractivity contribution in [1.82, 2.24) is 9.97 Å². The van der Waals surface area contributed by atoms with Crippen molar-refractivity contribution in [2.75, 3.05) is 4.72 Å². The summed E-state index contributed by atoms with van der Waals surface area (Å²) < 4.78 is 29.1. The number of pyridine rings is 2. The lowest BCUT2D eigenvalue weighted by molar-refractivity contribution is 0.110. The van der Waals surface area contributed by atoms with E-state index in [1.54, 1.807) is 84.1 Å². The number of aromatic nitrogens is 2. The smallest absolute Gasteiger partial charge is 0.264 e. The molecule has 0 bridgehead atoms. The van der Waals surface area contributed by atoms with Gasteiger partial charge in [0.2, 0.25) is 3.79 Å². The number of nitrogens with one attached hydrogen (secondary N) is 1. The van der Waals surface area contributed by atoms with Crippen molar-refractivity contribution in [3.63, 3.8) is 0 Å². The summed E-state index contributed by atoms with van der Waals surface area (Å²) in [5.41, 5.74) is 2.76. The molecule has 2 aromatic heterocycles. The van der Waals surface area contributed by atoms with Crippen LogP contribution in [-0.2, 0) is 10.0 Å². The molecule has 4 aromatic rings. The van der Waals surface area contributed by atoms with Crippen molar-refractivity contribution in [2.45, 2.75) is 11.8 Å². The molecule has 0 fully saturated rings. The highest BCUT2D eigenvalue weighted by molar-refractivity contribution is 14.1. The second-order valence-electron chi connectivity index (χ2n) is 7.04. The first-order valence-corrected chi connectivity index (χ1v) is 12.5. The first kappa shape index (κ1) is 23.2. The van der Waals surface area contributed by atoms with E-state index in [4.69, 9.17) is 11.6 Å². The van der Waals surface area contributed by atoms with Crippen LogP contribution in [0, 0.1) is 18.8 Å². The van der Waals surface area contributed by atoms with Crippen LogP contribution < -0.4 is 4.72 Å². The van der Waals surface area contributed by atoms with E-state index in [2.05, 4.69) is 26.5 Å². The van der Waals surface area contributed by atoms with Crippen LogP contribution in [-0.4, -0.2) is 22.2 Å². The van der Waals surface area contributed by atoms with Crippen LogP contribution in [0.15, 0.2) is 71.8 Å². The number of sulfonamides is 1. The molecule has 33 heavy (non-hydrogen) atoms. The van der Waals surface area contributed by atoms with Gasteiger partial charge in [0.05, 0.1) is 11.2 Å². The highest BCUT2D eigenvalue weighted by atomic mass is 127. The molecule has 0 spiro atoms. The minimum Gasteiger partial charge on any atom is -0.280 e. The predicted octanol–water partition coefficient (Wildman–Crippen LogP) is 5.37. The molecule has 0 unspecified atom stereocenters. The van der Waals surface area contributed by atoms with E-state index >= 15 is 0 Å². The summed E-state index contributed by atoms with van der Waals surface area (Å²) in [6, 6.07) is 16.7. The summed E-state index contributed by atoms with van der Waals surface area (Å²) in [5.74, 6) is 5.91. The van der Waals surface area contributed by atoms with Gasteiger partial charge in [0.1, 0.15) is 10.6 Å². The van der Waals surface area contributed by atoms with Crippen molar-refractivity contribution in [3.05, 3.63) is 94.4 Å². The molecule has 0 radical (unpaired) electrons. The van der Waals surface area contributed by atoms with Crippen LogP contribution in [0.5, 0.6) is 0 Å². The fourth-order valence-corrected chi connectivity index (χ4v) is 4.96. The normalized spacial score (nSPS) is 11.0. The predicted molar refractivity (Wildman–Crippen MR) is 137 cm³/mol. The van der Waals surface area contributed by atoms with Crippen LogP contribution in [0.1, 0.15) is 27.3 Å². The Balaban J connectivity index is 1.71. The molecule has 0 atom stereocenters. The Kier molecular flexibility index (Phi) is 6.65. The molecule has 0 aliphatic rings. The third kappa shape index (κ3) is 5.33. The Hall–Kier alpha value is -3.00. The second-order valence-corrected chi connectivity index (χ2v) is 10.1. The van der Waals surface area contributed by atoms with Crippen molar-refractivity contribution in [3.8, 4) is 11.8 Å². The number of para-hydroxylation sites is 1. The molecule has 4 rings (SSSR count). The number of hydrogen-bond acceptors (Lipinski definition) is 5. The zero-order chi connectivity index (χ0) is 23.6. The number of carbonyl (C=O) groups is 1. The molecule has 0 saturated heterocycles. The van der Waals surface area contributed by atoms with E-state index in [9.17, 15) is 13.2 Å². The number of nitrogens with zero attached hydrogens (tertiary/aromatic N) is 2. The van der Waals surface area contributed by atoms with Crippen molar-refractivity contribution < 1.29 is 13.2 Å². The maximum absolute atomic E-state index is 13.3. The van der Waals surface area contributed by atoms with Gasteiger partial charge in [0.25, 0.3) is 10.0 Å². The van der Waals surface area contributed by atoms with Crippen LogP contribution in [0.3, 0.4) is 0 Å². The van der Waals surface area contributed by atoms with Gasteiger partial charge in [-0.3, -0.25) is 19.5 Å². The zero-order valence-electron chi connectivity index (χ0n) is 17.1. The fourth-order valence-electron chi connectivity index (χ4n) is 3.07. The molecular formula is C24H15ClIN3O3S. The Morgan fingerprint density at radius 2 is 1.85 bits per heavy atom. The fraction of sp³-hybridized carbons (Fsp3) is 0.0417. The summed E-state index contributed by atoms with van der Waals surface area (Å²) in [7, 11) is -4.02. The maximum Gasteiger partial charge on any atom is 0.264 e. The van der Waals surface area contributed by atoms with Gasteiger partial charge in [0.15, 0.2) is 0 Å². The molecule has 2 heterocycles. The van der Waals surface area contributed by atoms with Crippen LogP contribution in [0.4, 0.5) is 5.69 Å². The van der Waals surface area contributed by atoms with Gasteiger partial charge >= 0.3 is 0 Å². The van der Waals surface area contributed by atoms with Gasteiger partial charge in [-0.1, -0.05) is 41.6 Å². The molecule has 0 amide bonds. The number of aryl methyl sites for hydroxylation is 1. The number of benzene rings is 2. The van der Waals surface area contributed by atoms with Crippen LogP contribution in [0.2, 0.25) is 5.02 Å². The monoisotopic (exact) mass is 587 g/mol. The van der Waals surface area contributed by atoms with Gasteiger partial charge < -0.3 is 0 Å². The van der Waals surface area contributed by atoms with Crippen LogP contribution in [0.25, 0.3) is 10.9 Å². The molecule has 0 saturated carbocycles. The highest BCUT2D eigenvalue weighted by Crippen LogP contribution is 2.28. The number of rotatable bonds is 4. The first-order valence-electron chi connectivity index (χ1n) is 9.59. The molecule has 164 valence electrons. The standard InChI is InChI=1S/C24H15ClIN3O3S/c1-15-6-9-18-12-19(25)13-22(23(18)28-15)33(31,32)29-20-5-3-2-4-17(20)10-7-16-8-11-21(24(26)30)27-14-16/h2-6,8-9,11-14,29H,1H3. The summed E-state index contributed by atoms with van der Waals surface area (Å²) in [4.78, 5) is 19.8. The summed E-state index contributed by atoms with van der Waals surface area (Å²) in [5, 5.41) is 0.921. The molecular weight excluding hydrogens is 573 g/mol. The van der Waals surface area contributed by atoms with E-state index in [0.29, 0.717) is 44.1 Å². The Labute approximate surface area is 209 Å². The summed E-state index contributed by atoms with van der Waals surface area (Å²) in [6.07, 6.45) is 1.50.